The van der Waals surface area contributed by atoms with Gasteiger partial charge in [0.15, 0.2) is 5.96 Å². The second kappa shape index (κ2) is 7.99. The molecule has 5 nitrogen and oxygen atoms in total. The average Bonchev–Trinajstić information content (AvgIpc) is 2.45. The van der Waals surface area contributed by atoms with E-state index in [1.165, 1.54) is 6.42 Å². The van der Waals surface area contributed by atoms with Crippen molar-refractivity contribution in [2.75, 3.05) is 26.7 Å². The largest absolute Gasteiger partial charge is 0.392 e. The van der Waals surface area contributed by atoms with Gasteiger partial charge in [-0.15, -0.1) is 0 Å². The van der Waals surface area contributed by atoms with Crippen molar-refractivity contribution >= 4 is 5.96 Å². The van der Waals surface area contributed by atoms with Crippen LogP contribution in [-0.2, 0) is 4.74 Å². The molecule has 0 heterocycles. The van der Waals surface area contributed by atoms with Crippen LogP contribution in [0.4, 0.5) is 0 Å². The molecule has 3 N–H and O–H groups in total. The molecule has 0 aromatic rings. The number of aliphatic hydroxyl groups excluding tert-OH is 1. The molecule has 0 radical (unpaired) electrons. The molecular weight excluding hydrogens is 266 g/mol. The van der Waals surface area contributed by atoms with Gasteiger partial charge in [-0.3, -0.25) is 4.99 Å². The van der Waals surface area contributed by atoms with Crippen LogP contribution in [-0.4, -0.2) is 49.5 Å². The Hall–Kier alpha value is -0.810. The third-order valence-electron chi connectivity index (χ3n) is 4.45. The third-order valence-corrected chi connectivity index (χ3v) is 4.45. The number of guanidine groups is 1. The van der Waals surface area contributed by atoms with Gasteiger partial charge in [-0.25, -0.2) is 0 Å². The molecule has 1 aliphatic rings. The van der Waals surface area contributed by atoms with E-state index in [2.05, 4.69) is 29.5 Å². The lowest BCUT2D eigenvalue weighted by atomic mass is 9.73. The van der Waals surface area contributed by atoms with E-state index in [1.54, 1.807) is 7.11 Å². The number of rotatable bonds is 6. The molecular formula is C16H33N3O2. The summed E-state index contributed by atoms with van der Waals surface area (Å²) in [4.78, 5) is 4.58. The number of nitrogens with zero attached hydrogens (tertiary/aromatic N) is 1. The predicted octanol–water partition coefficient (Wildman–Crippen LogP) is 1.91. The van der Waals surface area contributed by atoms with Crippen LogP contribution in [0.3, 0.4) is 0 Å². The fourth-order valence-corrected chi connectivity index (χ4v) is 2.55. The minimum Gasteiger partial charge on any atom is -0.392 e. The Kier molecular flexibility index (Phi) is 6.94. The molecule has 2 atom stereocenters. The van der Waals surface area contributed by atoms with E-state index in [1.807, 2.05) is 13.8 Å². The molecule has 1 rings (SSSR count). The zero-order chi connectivity index (χ0) is 15.9. The maximum atomic E-state index is 10.2. The van der Waals surface area contributed by atoms with Crippen molar-refractivity contribution in [3.8, 4) is 0 Å². The number of hydrogen-bond acceptors (Lipinski definition) is 3. The summed E-state index contributed by atoms with van der Waals surface area (Å²) in [5, 5.41) is 16.9. The molecule has 124 valence electrons. The Bertz CT molecular complexity index is 344. The van der Waals surface area contributed by atoms with Gasteiger partial charge in [0.25, 0.3) is 0 Å². The standard InChI is InChI=1S/C16H33N3O2/c1-6-17-14(18-11-15(2,3)21-5)19-12-16(4)10-8-7-9-13(16)20/h13,20H,6-12H2,1-5H3,(H2,17,18,19). The van der Waals surface area contributed by atoms with Gasteiger partial charge in [0.1, 0.15) is 0 Å². The van der Waals surface area contributed by atoms with Crippen LogP contribution >= 0.6 is 0 Å². The average molecular weight is 299 g/mol. The Balaban J connectivity index is 2.59. The van der Waals surface area contributed by atoms with E-state index in [4.69, 9.17) is 4.74 Å². The molecule has 2 unspecified atom stereocenters. The summed E-state index contributed by atoms with van der Waals surface area (Å²) < 4.78 is 5.39. The first kappa shape index (κ1) is 18.2. The van der Waals surface area contributed by atoms with Crippen molar-refractivity contribution in [3.05, 3.63) is 0 Å². The summed E-state index contributed by atoms with van der Waals surface area (Å²) in [5.41, 5.74) is -0.332. The molecule has 1 aliphatic carbocycles. The number of hydrogen-bond donors (Lipinski definition) is 3. The SMILES string of the molecule is CCNC(=NCC(C)(C)OC)NCC1(C)CCCCC1O. The summed E-state index contributed by atoms with van der Waals surface area (Å²) in [5.74, 6) is 0.793. The normalized spacial score (nSPS) is 27.5. The van der Waals surface area contributed by atoms with Gasteiger partial charge in [-0.2, -0.15) is 0 Å². The van der Waals surface area contributed by atoms with Crippen molar-refractivity contribution in [2.45, 2.75) is 65.1 Å². The summed E-state index contributed by atoms with van der Waals surface area (Å²) in [6, 6.07) is 0. The highest BCUT2D eigenvalue weighted by Crippen LogP contribution is 2.35. The molecule has 0 saturated heterocycles. The zero-order valence-electron chi connectivity index (χ0n) is 14.3. The van der Waals surface area contributed by atoms with Crippen molar-refractivity contribution in [1.82, 2.24) is 10.6 Å². The van der Waals surface area contributed by atoms with Crippen LogP contribution in [0.15, 0.2) is 4.99 Å². The number of aliphatic imine (C=N–C) groups is 1. The molecule has 0 spiro atoms. The minimum atomic E-state index is -0.267. The smallest absolute Gasteiger partial charge is 0.191 e. The van der Waals surface area contributed by atoms with E-state index < -0.39 is 0 Å². The third kappa shape index (κ3) is 5.83. The number of nitrogens with one attached hydrogen (secondary N) is 2. The first-order valence-corrected chi connectivity index (χ1v) is 8.08. The number of methoxy groups -OCH3 is 1. The maximum Gasteiger partial charge on any atom is 0.191 e. The summed E-state index contributed by atoms with van der Waals surface area (Å²) >= 11 is 0. The van der Waals surface area contributed by atoms with E-state index in [0.717, 1.165) is 38.3 Å². The Morgan fingerprint density at radius 3 is 2.67 bits per heavy atom. The Labute approximate surface area is 129 Å². The molecule has 1 fully saturated rings. The van der Waals surface area contributed by atoms with Crippen LogP contribution < -0.4 is 10.6 Å². The summed E-state index contributed by atoms with van der Waals surface area (Å²) in [6.45, 7) is 10.4. The Morgan fingerprint density at radius 1 is 1.38 bits per heavy atom. The molecule has 21 heavy (non-hydrogen) atoms. The molecule has 0 amide bonds. The van der Waals surface area contributed by atoms with E-state index in [0.29, 0.717) is 6.54 Å². The van der Waals surface area contributed by atoms with Gasteiger partial charge in [0.2, 0.25) is 0 Å². The highest BCUT2D eigenvalue weighted by atomic mass is 16.5. The van der Waals surface area contributed by atoms with Gasteiger partial charge < -0.3 is 20.5 Å². The molecule has 5 heteroatoms. The topological polar surface area (TPSA) is 65.9 Å². The van der Waals surface area contributed by atoms with Gasteiger partial charge in [0, 0.05) is 25.6 Å². The molecule has 0 aliphatic heterocycles. The first-order valence-electron chi connectivity index (χ1n) is 8.08. The summed E-state index contributed by atoms with van der Waals surface area (Å²) in [7, 11) is 1.70. The maximum absolute atomic E-state index is 10.2. The van der Waals surface area contributed by atoms with Gasteiger partial charge in [-0.05, 0) is 33.6 Å². The number of aliphatic hydroxyl groups is 1. The molecule has 0 aromatic carbocycles. The highest BCUT2D eigenvalue weighted by Gasteiger charge is 2.35. The monoisotopic (exact) mass is 299 g/mol. The van der Waals surface area contributed by atoms with Crippen LogP contribution in [0.25, 0.3) is 0 Å². The quantitative estimate of drug-likeness (QED) is 0.518. The van der Waals surface area contributed by atoms with Gasteiger partial charge in [0.05, 0.1) is 18.2 Å². The lowest BCUT2D eigenvalue weighted by Crippen LogP contribution is -2.48. The van der Waals surface area contributed by atoms with Crippen molar-refractivity contribution in [3.63, 3.8) is 0 Å². The van der Waals surface area contributed by atoms with E-state index in [-0.39, 0.29) is 17.1 Å². The van der Waals surface area contributed by atoms with Gasteiger partial charge >= 0.3 is 0 Å². The first-order chi connectivity index (χ1) is 9.83. The van der Waals surface area contributed by atoms with E-state index >= 15 is 0 Å². The van der Waals surface area contributed by atoms with Crippen LogP contribution in [0.1, 0.15) is 53.4 Å². The number of ether oxygens (including phenoxy) is 1. The van der Waals surface area contributed by atoms with Crippen LogP contribution in [0.5, 0.6) is 0 Å². The van der Waals surface area contributed by atoms with E-state index in [9.17, 15) is 5.11 Å². The minimum absolute atomic E-state index is 0.0643. The molecule has 1 saturated carbocycles. The zero-order valence-corrected chi connectivity index (χ0v) is 14.3. The lowest BCUT2D eigenvalue weighted by molar-refractivity contribution is 0.00387. The Morgan fingerprint density at radius 2 is 2.10 bits per heavy atom. The second-order valence-corrected chi connectivity index (χ2v) is 6.93. The second-order valence-electron chi connectivity index (χ2n) is 6.93. The summed E-state index contributed by atoms with van der Waals surface area (Å²) in [6.07, 6.45) is 4.07. The van der Waals surface area contributed by atoms with Crippen LogP contribution in [0.2, 0.25) is 0 Å². The predicted molar refractivity (Wildman–Crippen MR) is 87.7 cm³/mol. The molecule has 0 bridgehead atoms. The highest BCUT2D eigenvalue weighted by molar-refractivity contribution is 5.79. The molecule has 0 aromatic heterocycles. The fourth-order valence-electron chi connectivity index (χ4n) is 2.55. The lowest BCUT2D eigenvalue weighted by Gasteiger charge is -2.38. The fraction of sp³-hybridized carbons (Fsp3) is 0.938. The van der Waals surface area contributed by atoms with Crippen molar-refractivity contribution < 1.29 is 9.84 Å². The van der Waals surface area contributed by atoms with Crippen LogP contribution in [0, 0.1) is 5.41 Å². The van der Waals surface area contributed by atoms with Gasteiger partial charge in [-0.1, -0.05) is 19.8 Å². The van der Waals surface area contributed by atoms with Crippen molar-refractivity contribution in [2.24, 2.45) is 10.4 Å². The van der Waals surface area contributed by atoms with Crippen molar-refractivity contribution in [1.29, 1.82) is 0 Å².